The molecule has 0 radical (unpaired) electrons. The first-order valence-corrected chi connectivity index (χ1v) is 9.09. The smallest absolute Gasteiger partial charge is 0.340 e. The van der Waals surface area contributed by atoms with Crippen LogP contribution in [0.15, 0.2) is 67.3 Å². The van der Waals surface area contributed by atoms with Gasteiger partial charge in [0.25, 0.3) is 0 Å². The van der Waals surface area contributed by atoms with Crippen molar-refractivity contribution in [2.24, 2.45) is 0 Å². The summed E-state index contributed by atoms with van der Waals surface area (Å²) in [5.41, 5.74) is 0.568. The van der Waals surface area contributed by atoms with Crippen LogP contribution < -0.4 is 10.1 Å². The molecule has 1 spiro atoms. The van der Waals surface area contributed by atoms with Crippen LogP contribution in [0.4, 0.5) is 5.69 Å². The van der Waals surface area contributed by atoms with E-state index in [-0.39, 0.29) is 28.7 Å². The molecule has 5 rings (SSSR count). The van der Waals surface area contributed by atoms with Crippen molar-refractivity contribution in [2.45, 2.75) is 5.60 Å². The number of phenolic OH excluding ortho intramolecular Hbond substituents is 2. The molecule has 3 N–H and O–H groups in total. The molecule has 7 heteroatoms. The molecule has 2 aliphatic rings. The van der Waals surface area contributed by atoms with Crippen molar-refractivity contribution in [3.8, 4) is 23.0 Å². The fraction of sp³-hybridized carbons (Fsp3) is 0.0435. The van der Waals surface area contributed by atoms with Crippen molar-refractivity contribution in [3.63, 3.8) is 0 Å². The van der Waals surface area contributed by atoms with Crippen LogP contribution in [0, 0.1) is 0 Å². The van der Waals surface area contributed by atoms with E-state index >= 15 is 0 Å². The largest absolute Gasteiger partial charge is 0.508 e. The summed E-state index contributed by atoms with van der Waals surface area (Å²) in [6.45, 7) is 3.42. The second-order valence-electron chi connectivity index (χ2n) is 6.93. The third-order valence-corrected chi connectivity index (χ3v) is 5.28. The Hall–Kier alpha value is -4.26. The Labute approximate surface area is 170 Å². The molecule has 0 saturated carbocycles. The molecule has 2 heterocycles. The van der Waals surface area contributed by atoms with Gasteiger partial charge in [0.1, 0.15) is 22.9 Å². The number of phenols is 2. The predicted molar refractivity (Wildman–Crippen MR) is 107 cm³/mol. The van der Waals surface area contributed by atoms with Gasteiger partial charge in [-0.25, -0.2) is 4.79 Å². The summed E-state index contributed by atoms with van der Waals surface area (Å²) in [5.74, 6) is -1.02. The minimum atomic E-state index is -1.37. The van der Waals surface area contributed by atoms with E-state index in [0.717, 1.165) is 6.08 Å². The van der Waals surface area contributed by atoms with Crippen molar-refractivity contribution in [1.82, 2.24) is 0 Å². The molecule has 2 aliphatic heterocycles. The number of hydrogen-bond acceptors (Lipinski definition) is 6. The van der Waals surface area contributed by atoms with Crippen LogP contribution >= 0.6 is 0 Å². The molecule has 1 unspecified atom stereocenters. The Kier molecular flexibility index (Phi) is 3.63. The van der Waals surface area contributed by atoms with E-state index in [0.29, 0.717) is 22.3 Å². The van der Waals surface area contributed by atoms with E-state index in [2.05, 4.69) is 11.9 Å². The first-order valence-electron chi connectivity index (χ1n) is 9.09. The lowest BCUT2D eigenvalue weighted by Gasteiger charge is -2.37. The highest BCUT2D eigenvalue weighted by molar-refractivity contribution is 6.02. The summed E-state index contributed by atoms with van der Waals surface area (Å²) in [5, 5.41) is 22.9. The quantitative estimate of drug-likeness (QED) is 0.343. The Morgan fingerprint density at radius 1 is 1.03 bits per heavy atom. The molecule has 0 bridgehead atoms. The van der Waals surface area contributed by atoms with Crippen molar-refractivity contribution in [1.29, 1.82) is 0 Å². The molecule has 1 amide bonds. The van der Waals surface area contributed by atoms with E-state index in [1.54, 1.807) is 36.4 Å². The number of nitrogens with one attached hydrogen (secondary N) is 1. The highest BCUT2D eigenvalue weighted by atomic mass is 16.6. The van der Waals surface area contributed by atoms with Gasteiger partial charge in [0.2, 0.25) is 5.91 Å². The highest BCUT2D eigenvalue weighted by Gasteiger charge is 2.54. The van der Waals surface area contributed by atoms with Gasteiger partial charge in [0, 0.05) is 17.2 Å². The molecule has 0 fully saturated rings. The molecule has 3 aromatic rings. The molecule has 30 heavy (non-hydrogen) atoms. The molecule has 1 atom stereocenters. The first-order chi connectivity index (χ1) is 14.5. The van der Waals surface area contributed by atoms with Gasteiger partial charge in [-0.05, 0) is 36.4 Å². The summed E-state index contributed by atoms with van der Waals surface area (Å²) in [4.78, 5) is 24.7. The van der Waals surface area contributed by atoms with Gasteiger partial charge in [-0.3, -0.25) is 4.79 Å². The Morgan fingerprint density at radius 3 is 2.60 bits per heavy atom. The Bertz CT molecular complexity index is 1260. The standard InChI is InChI=1S/C23H15NO6/c1-2-19(27)24-20-17(26)10-9-16-21(20)29-18-11-12(25)7-8-15(18)23(16)14-6-4-3-5-13(14)22(28)30-23/h2-11,25-26H,1H2,(H,24,27). The maximum Gasteiger partial charge on any atom is 0.340 e. The summed E-state index contributed by atoms with van der Waals surface area (Å²) < 4.78 is 12.0. The monoisotopic (exact) mass is 401 g/mol. The second kappa shape index (κ2) is 6.12. The summed E-state index contributed by atoms with van der Waals surface area (Å²) >= 11 is 0. The fourth-order valence-corrected chi connectivity index (χ4v) is 4.01. The molecule has 0 saturated heterocycles. The third-order valence-electron chi connectivity index (χ3n) is 5.28. The lowest BCUT2D eigenvalue weighted by atomic mass is 9.77. The molecule has 0 aliphatic carbocycles. The minimum absolute atomic E-state index is 0.00574. The lowest BCUT2D eigenvalue weighted by Crippen LogP contribution is -2.33. The van der Waals surface area contributed by atoms with Crippen LogP contribution in [0.3, 0.4) is 0 Å². The zero-order valence-corrected chi connectivity index (χ0v) is 15.5. The van der Waals surface area contributed by atoms with Crippen molar-refractivity contribution >= 4 is 17.6 Å². The number of aromatic hydroxyl groups is 2. The highest BCUT2D eigenvalue weighted by Crippen LogP contribution is 2.59. The maximum atomic E-state index is 12.8. The number of esters is 1. The number of carbonyl (C=O) groups is 2. The van der Waals surface area contributed by atoms with Crippen LogP contribution in [0.1, 0.15) is 27.0 Å². The van der Waals surface area contributed by atoms with Gasteiger partial charge >= 0.3 is 5.97 Å². The van der Waals surface area contributed by atoms with Crippen molar-refractivity contribution in [2.75, 3.05) is 5.32 Å². The first kappa shape index (κ1) is 17.8. The van der Waals surface area contributed by atoms with Crippen LogP contribution in [-0.2, 0) is 15.1 Å². The number of anilines is 1. The average Bonchev–Trinajstić information content (AvgIpc) is 3.03. The Morgan fingerprint density at radius 2 is 1.80 bits per heavy atom. The van der Waals surface area contributed by atoms with Crippen molar-refractivity contribution in [3.05, 3.63) is 89.5 Å². The Balaban J connectivity index is 1.87. The van der Waals surface area contributed by atoms with E-state index in [4.69, 9.17) is 9.47 Å². The summed E-state index contributed by atoms with van der Waals surface area (Å²) in [6, 6.07) is 14.4. The third kappa shape index (κ3) is 2.26. The van der Waals surface area contributed by atoms with E-state index < -0.39 is 17.5 Å². The van der Waals surface area contributed by atoms with Crippen LogP contribution in [0.25, 0.3) is 0 Å². The predicted octanol–water partition coefficient (Wildman–Crippen LogP) is 3.79. The van der Waals surface area contributed by atoms with Gasteiger partial charge in [0.15, 0.2) is 11.4 Å². The number of ether oxygens (including phenoxy) is 2. The topological polar surface area (TPSA) is 105 Å². The number of amides is 1. The SMILES string of the molecule is C=CC(=O)Nc1c(O)ccc2c1Oc1cc(O)ccc1C21OC(=O)c2ccccc21. The summed E-state index contributed by atoms with van der Waals surface area (Å²) in [7, 11) is 0. The zero-order chi connectivity index (χ0) is 21.0. The number of carbonyl (C=O) groups excluding carboxylic acids is 2. The van der Waals surface area contributed by atoms with Gasteiger partial charge in [-0.1, -0.05) is 24.8 Å². The summed E-state index contributed by atoms with van der Waals surface area (Å²) in [6.07, 6.45) is 1.06. The molecular formula is C23H15NO6. The molecule has 148 valence electrons. The number of hydrogen-bond donors (Lipinski definition) is 3. The van der Waals surface area contributed by atoms with E-state index in [1.807, 2.05) is 0 Å². The minimum Gasteiger partial charge on any atom is -0.508 e. The number of benzene rings is 3. The number of fused-ring (bicyclic) bond motifs is 6. The maximum absolute atomic E-state index is 12.8. The number of rotatable bonds is 2. The van der Waals surface area contributed by atoms with Crippen molar-refractivity contribution < 1.29 is 29.3 Å². The van der Waals surface area contributed by atoms with Gasteiger partial charge in [-0.15, -0.1) is 0 Å². The van der Waals surface area contributed by atoms with E-state index in [9.17, 15) is 19.8 Å². The van der Waals surface area contributed by atoms with Crippen LogP contribution in [-0.4, -0.2) is 22.1 Å². The van der Waals surface area contributed by atoms with Gasteiger partial charge in [-0.2, -0.15) is 0 Å². The zero-order valence-electron chi connectivity index (χ0n) is 15.5. The molecular weight excluding hydrogens is 386 g/mol. The van der Waals surface area contributed by atoms with Crippen LogP contribution in [0.2, 0.25) is 0 Å². The normalized spacial score (nSPS) is 17.9. The van der Waals surface area contributed by atoms with Gasteiger partial charge in [0.05, 0.1) is 11.1 Å². The van der Waals surface area contributed by atoms with Crippen LogP contribution in [0.5, 0.6) is 23.0 Å². The molecule has 7 nitrogen and oxygen atoms in total. The van der Waals surface area contributed by atoms with Gasteiger partial charge < -0.3 is 25.0 Å². The molecule has 0 aromatic heterocycles. The fourth-order valence-electron chi connectivity index (χ4n) is 4.01. The molecule has 3 aromatic carbocycles. The second-order valence-corrected chi connectivity index (χ2v) is 6.93. The average molecular weight is 401 g/mol. The lowest BCUT2D eigenvalue weighted by molar-refractivity contribution is -0.111. The van der Waals surface area contributed by atoms with E-state index in [1.165, 1.54) is 18.2 Å².